The number of rotatable bonds is 9. The van der Waals surface area contributed by atoms with Crippen LogP contribution in [0.4, 0.5) is 11.5 Å². The van der Waals surface area contributed by atoms with Crippen molar-refractivity contribution in [2.24, 2.45) is 5.41 Å². The van der Waals surface area contributed by atoms with Crippen LogP contribution in [0.1, 0.15) is 19.4 Å². The van der Waals surface area contributed by atoms with E-state index in [1.807, 2.05) is 6.07 Å². The van der Waals surface area contributed by atoms with E-state index in [9.17, 15) is 14.4 Å². The summed E-state index contributed by atoms with van der Waals surface area (Å²) in [6.07, 6.45) is 1.64. The third kappa shape index (κ3) is 6.30. The molecule has 4 aromatic rings. The highest BCUT2D eigenvalue weighted by molar-refractivity contribution is 6.30. The predicted molar refractivity (Wildman–Crippen MR) is 145 cm³/mol. The normalized spacial score (nSPS) is 11.2. The number of methoxy groups -OCH3 is 1. The molecule has 38 heavy (non-hydrogen) atoms. The van der Waals surface area contributed by atoms with Crippen molar-refractivity contribution in [2.45, 2.75) is 26.9 Å². The molecule has 0 bridgehead atoms. The number of anilines is 2. The lowest BCUT2D eigenvalue weighted by Crippen LogP contribution is -2.45. The average Bonchev–Trinajstić information content (AvgIpc) is 2.91. The molecule has 0 aliphatic rings. The van der Waals surface area contributed by atoms with Gasteiger partial charge in [-0.25, -0.2) is 9.78 Å². The molecule has 2 heterocycles. The van der Waals surface area contributed by atoms with Gasteiger partial charge in [-0.2, -0.15) is 0 Å². The topological polar surface area (TPSA) is 104 Å². The Labute approximate surface area is 224 Å². The van der Waals surface area contributed by atoms with Gasteiger partial charge in [-0.15, -0.1) is 0 Å². The number of pyridine rings is 1. The van der Waals surface area contributed by atoms with E-state index in [4.69, 9.17) is 21.1 Å². The molecule has 2 aromatic heterocycles. The highest BCUT2D eigenvalue weighted by Crippen LogP contribution is 2.24. The number of hydrogen-bond donors (Lipinski definition) is 1. The second-order valence-corrected chi connectivity index (χ2v) is 9.68. The van der Waals surface area contributed by atoms with Crippen LogP contribution in [0.3, 0.4) is 0 Å². The number of hydrogen-bond acceptors (Lipinski definition) is 7. The summed E-state index contributed by atoms with van der Waals surface area (Å²) in [6.45, 7) is 3.26. The monoisotopic (exact) mass is 534 g/mol. The van der Waals surface area contributed by atoms with E-state index >= 15 is 0 Å². The molecule has 0 saturated carbocycles. The molecule has 196 valence electrons. The zero-order valence-corrected chi connectivity index (χ0v) is 21.9. The number of nitrogens with zero attached hydrogens (tertiary/aromatic N) is 3. The van der Waals surface area contributed by atoms with Crippen molar-refractivity contribution in [3.05, 3.63) is 110 Å². The summed E-state index contributed by atoms with van der Waals surface area (Å²) in [5, 5.41) is 3.73. The zero-order valence-electron chi connectivity index (χ0n) is 21.2. The number of esters is 1. The first-order valence-electron chi connectivity index (χ1n) is 11.8. The molecule has 0 spiro atoms. The first kappa shape index (κ1) is 26.7. The third-order valence-corrected chi connectivity index (χ3v) is 6.06. The van der Waals surface area contributed by atoms with E-state index in [1.165, 1.54) is 17.7 Å². The summed E-state index contributed by atoms with van der Waals surface area (Å²) >= 11 is 6.03. The molecule has 1 N–H and O–H groups in total. The number of ether oxygens (including phenoxy) is 2. The Morgan fingerprint density at radius 2 is 1.71 bits per heavy atom. The molecule has 0 aliphatic carbocycles. The fourth-order valence-electron chi connectivity index (χ4n) is 3.81. The van der Waals surface area contributed by atoms with E-state index in [0.29, 0.717) is 28.2 Å². The van der Waals surface area contributed by atoms with Crippen molar-refractivity contribution in [1.82, 2.24) is 14.1 Å². The molecule has 0 fully saturated rings. The highest BCUT2D eigenvalue weighted by Gasteiger charge is 2.31. The first-order chi connectivity index (χ1) is 18.2. The molecule has 0 saturated heterocycles. The van der Waals surface area contributed by atoms with Gasteiger partial charge in [0.05, 0.1) is 19.1 Å². The molecule has 0 atom stereocenters. The Morgan fingerprint density at radius 3 is 2.34 bits per heavy atom. The Hall–Kier alpha value is -4.37. The molecule has 9 nitrogen and oxygen atoms in total. The maximum Gasteiger partial charge on any atom is 0.332 e. The highest BCUT2D eigenvalue weighted by atomic mass is 35.5. The van der Waals surface area contributed by atoms with Gasteiger partial charge in [-0.3, -0.25) is 18.7 Å². The largest absolute Gasteiger partial charge is 0.469 e. The Bertz CT molecular complexity index is 1530. The van der Waals surface area contributed by atoms with Gasteiger partial charge in [-0.1, -0.05) is 29.8 Å². The summed E-state index contributed by atoms with van der Waals surface area (Å²) in [5.41, 5.74) is -0.765. The average molecular weight is 535 g/mol. The van der Waals surface area contributed by atoms with Gasteiger partial charge < -0.3 is 14.8 Å². The quantitative estimate of drug-likeness (QED) is 0.306. The van der Waals surface area contributed by atoms with Gasteiger partial charge in [0.15, 0.2) is 0 Å². The van der Waals surface area contributed by atoms with Crippen LogP contribution in [0, 0.1) is 5.41 Å². The summed E-state index contributed by atoms with van der Waals surface area (Å²) in [7, 11) is 1.27. The molecule has 0 amide bonds. The predicted octanol–water partition coefficient (Wildman–Crippen LogP) is 4.84. The Balaban J connectivity index is 1.68. The second kappa shape index (κ2) is 11.4. The summed E-state index contributed by atoms with van der Waals surface area (Å²) in [5.74, 6) is 0.806. The maximum absolute atomic E-state index is 13.6. The van der Waals surface area contributed by atoms with Crippen LogP contribution in [0.25, 0.3) is 0 Å². The van der Waals surface area contributed by atoms with Crippen LogP contribution in [-0.4, -0.2) is 27.2 Å². The SMILES string of the molecule is COC(=O)C(C)(C)Cn1c(=O)cc(Nc2ccc(Oc3ccccn3)cc2)n(Cc2ccc(Cl)cc2)c1=O. The van der Waals surface area contributed by atoms with Crippen LogP contribution in [-0.2, 0) is 22.6 Å². The van der Waals surface area contributed by atoms with E-state index in [1.54, 1.807) is 80.7 Å². The summed E-state index contributed by atoms with van der Waals surface area (Å²) in [6, 6.07) is 20.8. The standard InChI is InChI=1S/C28H27ClN4O5/c1-28(2,26(35)37-3)18-33-25(34)16-23(32(27(33)36)17-19-7-9-20(29)10-8-19)31-21-11-13-22(14-12-21)38-24-6-4-5-15-30-24/h4-16,31H,17-18H2,1-3H3. The van der Waals surface area contributed by atoms with Gasteiger partial charge in [0.1, 0.15) is 11.6 Å². The van der Waals surface area contributed by atoms with Gasteiger partial charge in [0.2, 0.25) is 5.88 Å². The second-order valence-electron chi connectivity index (χ2n) is 9.24. The van der Waals surface area contributed by atoms with Gasteiger partial charge in [-0.05, 0) is 61.9 Å². The molecule has 10 heteroatoms. The number of halogens is 1. The molecular formula is C28H27ClN4O5. The van der Waals surface area contributed by atoms with Crippen LogP contribution in [0.2, 0.25) is 5.02 Å². The number of aromatic nitrogens is 3. The van der Waals surface area contributed by atoms with E-state index in [0.717, 1.165) is 10.1 Å². The van der Waals surface area contributed by atoms with Crippen molar-refractivity contribution in [3.63, 3.8) is 0 Å². The smallest absolute Gasteiger partial charge is 0.332 e. The lowest BCUT2D eigenvalue weighted by molar-refractivity contribution is -0.151. The van der Waals surface area contributed by atoms with Gasteiger partial charge in [0, 0.05) is 35.6 Å². The number of carbonyl (C=O) groups is 1. The van der Waals surface area contributed by atoms with Crippen molar-refractivity contribution < 1.29 is 14.3 Å². The van der Waals surface area contributed by atoms with Crippen molar-refractivity contribution in [2.75, 3.05) is 12.4 Å². The van der Waals surface area contributed by atoms with Gasteiger partial charge >= 0.3 is 11.7 Å². The zero-order chi connectivity index (χ0) is 27.3. The van der Waals surface area contributed by atoms with Crippen molar-refractivity contribution in [3.8, 4) is 11.6 Å². The third-order valence-electron chi connectivity index (χ3n) is 5.81. The summed E-state index contributed by atoms with van der Waals surface area (Å²) < 4.78 is 13.1. The van der Waals surface area contributed by atoms with E-state index < -0.39 is 22.6 Å². The number of benzene rings is 2. The fourth-order valence-corrected chi connectivity index (χ4v) is 3.93. The maximum atomic E-state index is 13.6. The number of nitrogens with one attached hydrogen (secondary N) is 1. The van der Waals surface area contributed by atoms with Crippen molar-refractivity contribution in [1.29, 1.82) is 0 Å². The Kier molecular flexibility index (Phi) is 7.97. The first-order valence-corrected chi connectivity index (χ1v) is 12.2. The minimum absolute atomic E-state index is 0.141. The fraction of sp³-hybridized carbons (Fsp3) is 0.214. The molecule has 0 aliphatic heterocycles. The van der Waals surface area contributed by atoms with Crippen LogP contribution in [0.5, 0.6) is 11.6 Å². The molecule has 4 rings (SSSR count). The minimum atomic E-state index is -1.09. The van der Waals surface area contributed by atoms with Gasteiger partial charge in [0.25, 0.3) is 5.56 Å². The Morgan fingerprint density at radius 1 is 1.00 bits per heavy atom. The van der Waals surface area contributed by atoms with Crippen LogP contribution in [0.15, 0.2) is 88.6 Å². The molecule has 0 radical (unpaired) electrons. The summed E-state index contributed by atoms with van der Waals surface area (Å²) in [4.78, 5) is 43.0. The van der Waals surface area contributed by atoms with E-state index in [-0.39, 0.29) is 13.1 Å². The van der Waals surface area contributed by atoms with Crippen LogP contribution < -0.4 is 21.3 Å². The molecular weight excluding hydrogens is 508 g/mol. The van der Waals surface area contributed by atoms with Crippen LogP contribution >= 0.6 is 11.6 Å². The molecule has 2 aromatic carbocycles. The number of carbonyl (C=O) groups excluding carboxylic acids is 1. The van der Waals surface area contributed by atoms with Crippen molar-refractivity contribution >= 4 is 29.1 Å². The minimum Gasteiger partial charge on any atom is -0.469 e. The molecule has 0 unspecified atom stereocenters. The lowest BCUT2D eigenvalue weighted by atomic mass is 9.93. The van der Waals surface area contributed by atoms with E-state index in [2.05, 4.69) is 10.3 Å². The lowest BCUT2D eigenvalue weighted by Gasteiger charge is -2.23.